The number of amides is 1. The van der Waals surface area contributed by atoms with E-state index < -0.39 is 12.6 Å². The van der Waals surface area contributed by atoms with E-state index in [1.807, 2.05) is 31.2 Å². The Balaban J connectivity index is 1.70. The number of halogens is 1. The largest absolute Gasteiger partial charge is 0.507 e. The highest BCUT2D eigenvalue weighted by Crippen LogP contribution is 2.31. The number of phenolic OH excluding ortho intramolecular Hbond substituents is 1. The number of hydrogen-bond donors (Lipinski definition) is 1. The molecule has 0 saturated carbocycles. The van der Waals surface area contributed by atoms with Crippen molar-refractivity contribution >= 4 is 29.2 Å². The number of ether oxygens (including phenoxy) is 1. The first kappa shape index (κ1) is 16.3. The Labute approximate surface area is 144 Å². The Morgan fingerprint density at radius 3 is 2.83 bits per heavy atom. The van der Waals surface area contributed by atoms with E-state index in [2.05, 4.69) is 0 Å². The van der Waals surface area contributed by atoms with Crippen LogP contribution in [0.5, 0.6) is 5.75 Å². The number of para-hydroxylation sites is 1. The highest BCUT2D eigenvalue weighted by Gasteiger charge is 2.31. The van der Waals surface area contributed by atoms with Crippen molar-refractivity contribution in [2.75, 3.05) is 11.5 Å². The van der Waals surface area contributed by atoms with E-state index in [0.717, 1.165) is 17.7 Å². The second-order valence-corrected chi connectivity index (χ2v) is 6.12. The summed E-state index contributed by atoms with van der Waals surface area (Å²) in [7, 11) is 0. The Morgan fingerprint density at radius 1 is 1.29 bits per heavy atom. The smallest absolute Gasteiger partial charge is 0.342 e. The maximum absolute atomic E-state index is 12.5. The number of carbonyl (C=O) groups is 2. The van der Waals surface area contributed by atoms with E-state index in [1.54, 1.807) is 4.90 Å². The highest BCUT2D eigenvalue weighted by atomic mass is 35.5. The number of hydrogen-bond acceptors (Lipinski definition) is 4. The zero-order valence-corrected chi connectivity index (χ0v) is 13.8. The number of nitrogens with zero attached hydrogens (tertiary/aromatic N) is 1. The van der Waals surface area contributed by atoms with Crippen LogP contribution in [0, 0.1) is 0 Å². The van der Waals surface area contributed by atoms with Gasteiger partial charge in [-0.3, -0.25) is 4.79 Å². The van der Waals surface area contributed by atoms with Gasteiger partial charge in [0.05, 0.1) is 0 Å². The number of anilines is 1. The molecule has 1 atom stereocenters. The van der Waals surface area contributed by atoms with Crippen molar-refractivity contribution in [3.05, 3.63) is 58.6 Å². The van der Waals surface area contributed by atoms with Crippen LogP contribution in [-0.4, -0.2) is 29.6 Å². The molecule has 0 bridgehead atoms. The molecule has 0 fully saturated rings. The summed E-state index contributed by atoms with van der Waals surface area (Å²) in [4.78, 5) is 26.2. The third-order valence-electron chi connectivity index (χ3n) is 3.98. The molecule has 1 aliphatic heterocycles. The molecule has 1 aliphatic rings. The quantitative estimate of drug-likeness (QED) is 0.868. The molecule has 3 rings (SSSR count). The van der Waals surface area contributed by atoms with Crippen LogP contribution in [0.25, 0.3) is 0 Å². The fraction of sp³-hybridized carbons (Fsp3) is 0.222. The molecule has 24 heavy (non-hydrogen) atoms. The Kier molecular flexibility index (Phi) is 4.44. The summed E-state index contributed by atoms with van der Waals surface area (Å²) in [5.41, 5.74) is 1.87. The molecule has 6 heteroatoms. The Hall–Kier alpha value is -2.53. The predicted octanol–water partition coefficient (Wildman–Crippen LogP) is 3.18. The van der Waals surface area contributed by atoms with Crippen LogP contribution in [-0.2, 0) is 16.0 Å². The minimum atomic E-state index is -0.788. The van der Waals surface area contributed by atoms with Crippen LogP contribution < -0.4 is 4.90 Å². The molecular weight excluding hydrogens is 330 g/mol. The lowest BCUT2D eigenvalue weighted by atomic mass is 10.1. The molecule has 2 aromatic carbocycles. The van der Waals surface area contributed by atoms with Crippen molar-refractivity contribution in [1.29, 1.82) is 0 Å². The summed E-state index contributed by atoms with van der Waals surface area (Å²) in [5.74, 6) is -1.33. The van der Waals surface area contributed by atoms with Crippen molar-refractivity contribution in [2.24, 2.45) is 0 Å². The molecule has 1 amide bonds. The monoisotopic (exact) mass is 345 g/mol. The first-order valence-corrected chi connectivity index (χ1v) is 7.91. The maximum Gasteiger partial charge on any atom is 0.342 e. The first-order chi connectivity index (χ1) is 11.5. The van der Waals surface area contributed by atoms with Crippen molar-refractivity contribution in [3.8, 4) is 5.75 Å². The van der Waals surface area contributed by atoms with Gasteiger partial charge in [0.1, 0.15) is 11.3 Å². The summed E-state index contributed by atoms with van der Waals surface area (Å²) in [6.07, 6.45) is 0.769. The Bertz CT molecular complexity index is 805. The average molecular weight is 346 g/mol. The number of aromatic hydroxyl groups is 1. The number of rotatable bonds is 3. The molecule has 2 aromatic rings. The lowest BCUT2D eigenvalue weighted by Crippen LogP contribution is -2.38. The second-order valence-electron chi connectivity index (χ2n) is 5.68. The van der Waals surface area contributed by atoms with Gasteiger partial charge in [0.2, 0.25) is 0 Å². The molecule has 0 unspecified atom stereocenters. The third-order valence-corrected chi connectivity index (χ3v) is 4.22. The topological polar surface area (TPSA) is 66.8 Å². The fourth-order valence-corrected chi connectivity index (χ4v) is 3.06. The predicted molar refractivity (Wildman–Crippen MR) is 90.5 cm³/mol. The van der Waals surface area contributed by atoms with Gasteiger partial charge in [-0.15, -0.1) is 0 Å². The van der Waals surface area contributed by atoms with Gasteiger partial charge >= 0.3 is 5.97 Å². The van der Waals surface area contributed by atoms with Crippen molar-refractivity contribution in [2.45, 2.75) is 19.4 Å². The molecule has 0 spiro atoms. The fourth-order valence-electron chi connectivity index (χ4n) is 2.89. The minimum Gasteiger partial charge on any atom is -0.507 e. The SMILES string of the molecule is C[C@@H]1Cc2ccccc2N1C(=O)COC(=O)c1cc(Cl)ccc1O. The normalized spacial score (nSPS) is 15.9. The zero-order chi connectivity index (χ0) is 17.3. The van der Waals surface area contributed by atoms with Crippen molar-refractivity contribution < 1.29 is 19.4 Å². The third kappa shape index (κ3) is 3.08. The van der Waals surface area contributed by atoms with Gasteiger partial charge in [-0.1, -0.05) is 29.8 Å². The standard InChI is InChI=1S/C18H16ClNO4/c1-11-8-12-4-2-3-5-15(12)20(11)17(22)10-24-18(23)14-9-13(19)6-7-16(14)21/h2-7,9,11,21H,8,10H2,1H3/t11-/m1/s1. The van der Waals surface area contributed by atoms with Gasteiger partial charge in [-0.05, 0) is 43.2 Å². The molecule has 0 saturated heterocycles. The van der Waals surface area contributed by atoms with E-state index in [-0.39, 0.29) is 23.3 Å². The first-order valence-electron chi connectivity index (χ1n) is 7.53. The summed E-state index contributed by atoms with van der Waals surface area (Å²) in [5, 5.41) is 10.00. The van der Waals surface area contributed by atoms with Gasteiger partial charge in [-0.2, -0.15) is 0 Å². The van der Waals surface area contributed by atoms with Crippen molar-refractivity contribution in [3.63, 3.8) is 0 Å². The number of fused-ring (bicyclic) bond motifs is 1. The number of phenols is 1. The van der Waals surface area contributed by atoms with E-state index in [0.29, 0.717) is 5.02 Å². The van der Waals surface area contributed by atoms with Gasteiger partial charge in [0.15, 0.2) is 6.61 Å². The van der Waals surface area contributed by atoms with Crippen LogP contribution in [0.2, 0.25) is 5.02 Å². The molecule has 124 valence electrons. The molecule has 0 aliphatic carbocycles. The second kappa shape index (κ2) is 6.53. The van der Waals surface area contributed by atoms with Gasteiger partial charge in [0, 0.05) is 16.8 Å². The van der Waals surface area contributed by atoms with E-state index in [4.69, 9.17) is 16.3 Å². The zero-order valence-electron chi connectivity index (χ0n) is 13.0. The molecule has 0 radical (unpaired) electrons. The minimum absolute atomic E-state index is 0.00757. The molecule has 5 nitrogen and oxygen atoms in total. The molecule has 0 aromatic heterocycles. The summed E-state index contributed by atoms with van der Waals surface area (Å²) >= 11 is 5.81. The number of carbonyl (C=O) groups excluding carboxylic acids is 2. The van der Waals surface area contributed by atoms with Gasteiger partial charge in [-0.25, -0.2) is 4.79 Å². The van der Waals surface area contributed by atoms with Gasteiger partial charge in [0.25, 0.3) is 5.91 Å². The highest BCUT2D eigenvalue weighted by molar-refractivity contribution is 6.31. The van der Waals surface area contributed by atoms with E-state index in [9.17, 15) is 14.7 Å². The summed E-state index contributed by atoms with van der Waals surface area (Å²) in [6.45, 7) is 1.55. The molecular formula is C18H16ClNO4. The average Bonchev–Trinajstić information content (AvgIpc) is 2.90. The number of esters is 1. The number of benzene rings is 2. The van der Waals surface area contributed by atoms with Crippen LogP contribution in [0.15, 0.2) is 42.5 Å². The summed E-state index contributed by atoms with van der Waals surface area (Å²) < 4.78 is 5.05. The van der Waals surface area contributed by atoms with Crippen molar-refractivity contribution in [1.82, 2.24) is 0 Å². The lowest BCUT2D eigenvalue weighted by molar-refractivity contribution is -0.122. The summed E-state index contributed by atoms with van der Waals surface area (Å²) in [6, 6.07) is 11.7. The van der Waals surface area contributed by atoms with Gasteiger partial charge < -0.3 is 14.7 Å². The van der Waals surface area contributed by atoms with Crippen LogP contribution >= 0.6 is 11.6 Å². The van der Waals surface area contributed by atoms with E-state index >= 15 is 0 Å². The molecule has 1 heterocycles. The van der Waals surface area contributed by atoms with E-state index in [1.165, 1.54) is 18.2 Å². The Morgan fingerprint density at radius 2 is 2.04 bits per heavy atom. The lowest BCUT2D eigenvalue weighted by Gasteiger charge is -2.22. The maximum atomic E-state index is 12.5. The van der Waals surface area contributed by atoms with Crippen LogP contribution in [0.1, 0.15) is 22.8 Å². The van der Waals surface area contributed by atoms with Crippen LogP contribution in [0.3, 0.4) is 0 Å². The molecule has 1 N–H and O–H groups in total. The van der Waals surface area contributed by atoms with Crippen LogP contribution in [0.4, 0.5) is 5.69 Å².